The van der Waals surface area contributed by atoms with Gasteiger partial charge in [-0.1, -0.05) is 0 Å². The number of hydrogen-bond acceptors (Lipinski definition) is 3. The van der Waals surface area contributed by atoms with Crippen molar-refractivity contribution in [1.82, 2.24) is 4.98 Å². The number of halogens is 2. The molecule has 0 fully saturated rings. The second-order valence-corrected chi connectivity index (χ2v) is 4.29. The average Bonchev–Trinajstić information content (AvgIpc) is 2.74. The van der Waals surface area contributed by atoms with Gasteiger partial charge in [0, 0.05) is 23.6 Å². The van der Waals surface area contributed by atoms with Crippen LogP contribution in [0.4, 0.5) is 8.78 Å². The van der Waals surface area contributed by atoms with Crippen LogP contribution < -0.4 is 0 Å². The molecule has 1 heterocycles. The number of aromatic nitrogens is 1. The van der Waals surface area contributed by atoms with Gasteiger partial charge in [-0.25, -0.2) is 13.8 Å². The third-order valence-electron chi connectivity index (χ3n) is 2.17. The maximum Gasteiger partial charge on any atom is 0.129 e. The summed E-state index contributed by atoms with van der Waals surface area (Å²) in [5, 5.41) is 12.2. The number of thiazole rings is 1. The molecule has 2 rings (SSSR count). The van der Waals surface area contributed by atoms with Gasteiger partial charge < -0.3 is 5.11 Å². The van der Waals surface area contributed by atoms with Gasteiger partial charge in [0.2, 0.25) is 0 Å². The molecule has 0 aliphatic carbocycles. The first-order valence-electron chi connectivity index (χ1n) is 4.68. The predicted octanol–water partition coefficient (Wildman–Crippen LogP) is 2.70. The number of aliphatic hydroxyl groups excluding tert-OH is 1. The fraction of sp³-hybridized carbons (Fsp3) is 0.182. The van der Waals surface area contributed by atoms with E-state index in [0.717, 1.165) is 18.2 Å². The summed E-state index contributed by atoms with van der Waals surface area (Å²) in [4.78, 5) is 3.98. The Morgan fingerprint density at radius 2 is 2.19 bits per heavy atom. The summed E-state index contributed by atoms with van der Waals surface area (Å²) in [6, 6.07) is 3.04. The summed E-state index contributed by atoms with van der Waals surface area (Å²) in [5.41, 5.74) is -0.0322. The van der Waals surface area contributed by atoms with Crippen molar-refractivity contribution in [3.05, 3.63) is 52.0 Å². The molecular formula is C11H9F2NOS. The highest BCUT2D eigenvalue weighted by Crippen LogP contribution is 2.22. The van der Waals surface area contributed by atoms with Crippen LogP contribution in [0.1, 0.15) is 16.7 Å². The van der Waals surface area contributed by atoms with Crippen LogP contribution in [0.15, 0.2) is 29.8 Å². The van der Waals surface area contributed by atoms with Crippen LogP contribution in [0.2, 0.25) is 0 Å². The van der Waals surface area contributed by atoms with Crippen LogP contribution in [-0.4, -0.2) is 10.1 Å². The Morgan fingerprint density at radius 1 is 1.38 bits per heavy atom. The Kier molecular flexibility index (Phi) is 3.26. The van der Waals surface area contributed by atoms with Crippen molar-refractivity contribution in [2.45, 2.75) is 12.5 Å². The molecule has 1 unspecified atom stereocenters. The topological polar surface area (TPSA) is 33.1 Å². The van der Waals surface area contributed by atoms with E-state index in [0.29, 0.717) is 5.01 Å². The van der Waals surface area contributed by atoms with Crippen molar-refractivity contribution in [2.75, 3.05) is 0 Å². The predicted molar refractivity (Wildman–Crippen MR) is 57.1 cm³/mol. The van der Waals surface area contributed by atoms with Crippen molar-refractivity contribution in [3.63, 3.8) is 0 Å². The second-order valence-electron chi connectivity index (χ2n) is 3.31. The molecule has 0 aliphatic rings. The maximum absolute atomic E-state index is 13.3. The molecule has 0 bridgehead atoms. The lowest BCUT2D eigenvalue weighted by Crippen LogP contribution is -2.04. The molecule has 1 aromatic carbocycles. The van der Waals surface area contributed by atoms with Gasteiger partial charge in [0.05, 0.1) is 11.1 Å². The summed E-state index contributed by atoms with van der Waals surface area (Å²) >= 11 is 1.37. The van der Waals surface area contributed by atoms with E-state index in [1.165, 1.54) is 11.3 Å². The van der Waals surface area contributed by atoms with Gasteiger partial charge in [-0.2, -0.15) is 0 Å². The van der Waals surface area contributed by atoms with E-state index in [-0.39, 0.29) is 12.0 Å². The van der Waals surface area contributed by atoms with Gasteiger partial charge in [-0.3, -0.25) is 0 Å². The van der Waals surface area contributed by atoms with Crippen LogP contribution in [-0.2, 0) is 6.42 Å². The molecule has 16 heavy (non-hydrogen) atoms. The minimum atomic E-state index is -1.07. The first kappa shape index (κ1) is 11.2. The number of aliphatic hydroxyl groups is 1. The molecule has 0 saturated carbocycles. The van der Waals surface area contributed by atoms with E-state index in [4.69, 9.17) is 0 Å². The molecule has 0 aliphatic heterocycles. The maximum atomic E-state index is 13.3. The number of nitrogens with zero attached hydrogens (tertiary/aromatic N) is 1. The quantitative estimate of drug-likeness (QED) is 0.896. The van der Waals surface area contributed by atoms with Gasteiger partial charge >= 0.3 is 0 Å². The lowest BCUT2D eigenvalue weighted by molar-refractivity contribution is 0.173. The summed E-state index contributed by atoms with van der Waals surface area (Å²) < 4.78 is 26.2. The van der Waals surface area contributed by atoms with Crippen LogP contribution in [0.25, 0.3) is 0 Å². The van der Waals surface area contributed by atoms with Crippen molar-refractivity contribution in [2.24, 2.45) is 0 Å². The molecule has 0 spiro atoms. The molecule has 2 aromatic rings. The molecular weight excluding hydrogens is 232 g/mol. The van der Waals surface area contributed by atoms with Crippen molar-refractivity contribution < 1.29 is 13.9 Å². The second kappa shape index (κ2) is 4.67. The zero-order valence-corrected chi connectivity index (χ0v) is 9.05. The third kappa shape index (κ3) is 2.43. The summed E-state index contributed by atoms with van der Waals surface area (Å²) in [7, 11) is 0. The van der Waals surface area contributed by atoms with E-state index < -0.39 is 17.7 Å². The lowest BCUT2D eigenvalue weighted by atomic mass is 10.1. The van der Waals surface area contributed by atoms with E-state index in [2.05, 4.69) is 4.98 Å². The van der Waals surface area contributed by atoms with Crippen molar-refractivity contribution in [1.29, 1.82) is 0 Å². The normalized spacial score (nSPS) is 12.7. The fourth-order valence-electron chi connectivity index (χ4n) is 1.40. The standard InChI is InChI=1S/C11H9F2NOS/c12-7-1-2-9(13)8(5-7)10(15)6-11-14-3-4-16-11/h1-5,10,15H,6H2. The van der Waals surface area contributed by atoms with Crippen LogP contribution in [0.5, 0.6) is 0 Å². The van der Waals surface area contributed by atoms with Gasteiger partial charge in [-0.05, 0) is 18.2 Å². The average molecular weight is 241 g/mol. The minimum absolute atomic E-state index is 0.0322. The highest BCUT2D eigenvalue weighted by atomic mass is 32.1. The Labute approximate surface area is 95.2 Å². The number of benzene rings is 1. The van der Waals surface area contributed by atoms with Crippen molar-refractivity contribution in [3.8, 4) is 0 Å². The Bertz CT molecular complexity index is 473. The van der Waals surface area contributed by atoms with Gasteiger partial charge in [0.25, 0.3) is 0 Å². The third-order valence-corrected chi connectivity index (χ3v) is 2.97. The van der Waals surface area contributed by atoms with Crippen molar-refractivity contribution >= 4 is 11.3 Å². The summed E-state index contributed by atoms with van der Waals surface area (Å²) in [6.45, 7) is 0. The molecule has 1 aromatic heterocycles. The Hall–Kier alpha value is -1.33. The van der Waals surface area contributed by atoms with E-state index in [1.807, 2.05) is 0 Å². The smallest absolute Gasteiger partial charge is 0.129 e. The van der Waals surface area contributed by atoms with E-state index in [9.17, 15) is 13.9 Å². The molecule has 0 saturated heterocycles. The molecule has 1 atom stereocenters. The number of rotatable bonds is 3. The monoisotopic (exact) mass is 241 g/mol. The molecule has 5 heteroatoms. The fourth-order valence-corrected chi connectivity index (χ4v) is 2.05. The first-order valence-corrected chi connectivity index (χ1v) is 5.56. The first-order chi connectivity index (χ1) is 7.66. The largest absolute Gasteiger partial charge is 0.388 e. The highest BCUT2D eigenvalue weighted by Gasteiger charge is 2.15. The zero-order chi connectivity index (χ0) is 11.5. The summed E-state index contributed by atoms with van der Waals surface area (Å²) in [5.74, 6) is -1.17. The Balaban J connectivity index is 2.20. The SMILES string of the molecule is OC(Cc1nccs1)c1cc(F)ccc1F. The highest BCUT2D eigenvalue weighted by molar-refractivity contribution is 7.09. The van der Waals surface area contributed by atoms with Crippen LogP contribution in [0, 0.1) is 11.6 Å². The molecule has 0 amide bonds. The minimum Gasteiger partial charge on any atom is -0.388 e. The van der Waals surface area contributed by atoms with Gasteiger partial charge in [0.1, 0.15) is 11.6 Å². The van der Waals surface area contributed by atoms with E-state index >= 15 is 0 Å². The van der Waals surface area contributed by atoms with Gasteiger partial charge in [-0.15, -0.1) is 11.3 Å². The molecule has 84 valence electrons. The summed E-state index contributed by atoms with van der Waals surface area (Å²) in [6.07, 6.45) is 0.731. The molecule has 1 N–H and O–H groups in total. The molecule has 2 nitrogen and oxygen atoms in total. The number of hydrogen-bond donors (Lipinski definition) is 1. The van der Waals surface area contributed by atoms with Crippen LogP contribution in [0.3, 0.4) is 0 Å². The van der Waals surface area contributed by atoms with Crippen LogP contribution >= 0.6 is 11.3 Å². The molecule has 0 radical (unpaired) electrons. The van der Waals surface area contributed by atoms with E-state index in [1.54, 1.807) is 11.6 Å². The van der Waals surface area contributed by atoms with Gasteiger partial charge in [0.15, 0.2) is 0 Å². The zero-order valence-electron chi connectivity index (χ0n) is 8.23. The Morgan fingerprint density at radius 3 is 2.88 bits per heavy atom. The lowest BCUT2D eigenvalue weighted by Gasteiger charge is -2.10.